The zero-order chi connectivity index (χ0) is 21.1. The minimum absolute atomic E-state index is 0.0123. The van der Waals surface area contributed by atoms with Crippen LogP contribution in [0.25, 0.3) is 0 Å². The number of carboxylic acid groups (broad SMARTS) is 1. The summed E-state index contributed by atoms with van der Waals surface area (Å²) >= 11 is 0. The molecule has 0 amide bonds. The fourth-order valence-corrected chi connectivity index (χ4v) is 3.11. The van der Waals surface area contributed by atoms with Gasteiger partial charge in [-0.15, -0.1) is 0 Å². The molecule has 6 N–H and O–H groups in total. The Balaban J connectivity index is 1.61. The van der Waals surface area contributed by atoms with Crippen LogP contribution >= 0.6 is 0 Å². The second kappa shape index (κ2) is 8.66. The van der Waals surface area contributed by atoms with E-state index in [1.807, 2.05) is 0 Å². The Morgan fingerprint density at radius 1 is 0.862 bits per heavy atom. The first kappa shape index (κ1) is 20.9. The predicted molar refractivity (Wildman–Crippen MR) is 98.6 cm³/mol. The summed E-state index contributed by atoms with van der Waals surface area (Å²) in [4.78, 5) is 11.1. The molecule has 0 radical (unpaired) electrons. The van der Waals surface area contributed by atoms with Gasteiger partial charge in [-0.1, -0.05) is 12.1 Å². The molecule has 156 valence electrons. The standard InChI is InChI=1S/C20H22O9/c21-12-7-11(8-13(22)9-12)2-1-10-3-5-14(6-4-10)28-20-17(25)15(23)16(24)18(29-20)19(26)27/h3-9,15-18,20-25H,1-2H2,(H,26,27)/t15-,16-,17+,18-,20+/m0/s1. The third kappa shape index (κ3) is 4.96. The lowest BCUT2D eigenvalue weighted by Gasteiger charge is -2.38. The number of aliphatic carboxylic acids is 1. The Kier molecular flexibility index (Phi) is 6.23. The third-order valence-corrected chi connectivity index (χ3v) is 4.65. The van der Waals surface area contributed by atoms with E-state index in [4.69, 9.17) is 14.6 Å². The summed E-state index contributed by atoms with van der Waals surface area (Å²) in [5, 5.41) is 57.6. The van der Waals surface area contributed by atoms with Crippen molar-refractivity contribution < 1.29 is 44.9 Å². The Labute approximate surface area is 166 Å². The van der Waals surface area contributed by atoms with Gasteiger partial charge in [0.05, 0.1) is 0 Å². The van der Waals surface area contributed by atoms with Gasteiger partial charge < -0.3 is 40.1 Å². The minimum Gasteiger partial charge on any atom is -0.508 e. The molecule has 1 aliphatic heterocycles. The highest BCUT2D eigenvalue weighted by molar-refractivity contribution is 5.73. The van der Waals surface area contributed by atoms with Crippen LogP contribution in [-0.2, 0) is 22.4 Å². The quantitative estimate of drug-likeness (QED) is 0.393. The van der Waals surface area contributed by atoms with Crippen LogP contribution in [0.4, 0.5) is 0 Å². The molecule has 9 nitrogen and oxygen atoms in total. The highest BCUT2D eigenvalue weighted by Gasteiger charge is 2.48. The van der Waals surface area contributed by atoms with Crippen LogP contribution in [0.5, 0.6) is 17.2 Å². The van der Waals surface area contributed by atoms with Gasteiger partial charge in [-0.05, 0) is 48.2 Å². The molecule has 0 spiro atoms. The van der Waals surface area contributed by atoms with Crippen LogP contribution in [0.1, 0.15) is 11.1 Å². The van der Waals surface area contributed by atoms with Crippen molar-refractivity contribution >= 4 is 5.97 Å². The summed E-state index contributed by atoms with van der Waals surface area (Å²) in [5.74, 6) is -1.23. The van der Waals surface area contributed by atoms with Crippen LogP contribution in [0.15, 0.2) is 42.5 Å². The van der Waals surface area contributed by atoms with E-state index in [0.29, 0.717) is 12.8 Å². The van der Waals surface area contributed by atoms with Crippen molar-refractivity contribution in [1.29, 1.82) is 0 Å². The van der Waals surface area contributed by atoms with Gasteiger partial charge >= 0.3 is 5.97 Å². The monoisotopic (exact) mass is 406 g/mol. The second-order valence-corrected chi connectivity index (χ2v) is 6.85. The molecule has 1 heterocycles. The zero-order valence-corrected chi connectivity index (χ0v) is 15.3. The van der Waals surface area contributed by atoms with E-state index >= 15 is 0 Å². The van der Waals surface area contributed by atoms with Crippen LogP contribution in [0.2, 0.25) is 0 Å². The van der Waals surface area contributed by atoms with E-state index in [2.05, 4.69) is 0 Å². The maximum absolute atomic E-state index is 11.1. The summed E-state index contributed by atoms with van der Waals surface area (Å²) < 4.78 is 10.5. The third-order valence-electron chi connectivity index (χ3n) is 4.65. The first-order valence-electron chi connectivity index (χ1n) is 8.94. The molecular formula is C20H22O9. The molecule has 0 bridgehead atoms. The van der Waals surface area contributed by atoms with Gasteiger partial charge in [0.25, 0.3) is 0 Å². The van der Waals surface area contributed by atoms with Gasteiger partial charge in [0, 0.05) is 6.07 Å². The smallest absolute Gasteiger partial charge is 0.335 e. The Morgan fingerprint density at radius 2 is 1.45 bits per heavy atom. The number of phenols is 2. The average Bonchev–Trinajstić information content (AvgIpc) is 2.67. The molecule has 29 heavy (non-hydrogen) atoms. The maximum atomic E-state index is 11.1. The number of hydrogen-bond donors (Lipinski definition) is 6. The lowest BCUT2D eigenvalue weighted by molar-refractivity contribution is -0.271. The number of ether oxygens (including phenoxy) is 2. The van der Waals surface area contributed by atoms with Crippen LogP contribution in [0, 0.1) is 0 Å². The van der Waals surface area contributed by atoms with Crippen molar-refractivity contribution in [3.63, 3.8) is 0 Å². The lowest BCUT2D eigenvalue weighted by Crippen LogP contribution is -2.61. The van der Waals surface area contributed by atoms with E-state index in [1.165, 1.54) is 6.07 Å². The average molecular weight is 406 g/mol. The van der Waals surface area contributed by atoms with Crippen LogP contribution in [0.3, 0.4) is 0 Å². The molecule has 0 unspecified atom stereocenters. The first-order chi connectivity index (χ1) is 13.7. The zero-order valence-electron chi connectivity index (χ0n) is 15.3. The van der Waals surface area contributed by atoms with Gasteiger partial charge in [0.15, 0.2) is 6.10 Å². The number of aliphatic hydroxyl groups excluding tert-OH is 3. The molecule has 1 saturated heterocycles. The summed E-state index contributed by atoms with van der Waals surface area (Å²) in [5.41, 5.74) is 1.71. The summed E-state index contributed by atoms with van der Waals surface area (Å²) in [7, 11) is 0. The second-order valence-electron chi connectivity index (χ2n) is 6.85. The van der Waals surface area contributed by atoms with E-state index < -0.39 is 36.7 Å². The van der Waals surface area contributed by atoms with Gasteiger partial charge in [0.1, 0.15) is 35.6 Å². The van der Waals surface area contributed by atoms with Crippen molar-refractivity contribution in [2.75, 3.05) is 0 Å². The molecule has 0 aliphatic carbocycles. The highest BCUT2D eigenvalue weighted by atomic mass is 16.7. The van der Waals surface area contributed by atoms with Crippen molar-refractivity contribution in [2.45, 2.75) is 43.5 Å². The highest BCUT2D eigenvalue weighted by Crippen LogP contribution is 2.25. The Hall–Kier alpha value is -2.85. The van der Waals surface area contributed by atoms with Gasteiger partial charge in [-0.25, -0.2) is 4.79 Å². The molecule has 0 aromatic heterocycles. The first-order valence-corrected chi connectivity index (χ1v) is 8.94. The molecular weight excluding hydrogens is 384 g/mol. The fraction of sp³-hybridized carbons (Fsp3) is 0.350. The minimum atomic E-state index is -1.78. The van der Waals surface area contributed by atoms with Crippen molar-refractivity contribution in [3.8, 4) is 17.2 Å². The number of benzene rings is 2. The molecule has 1 fully saturated rings. The number of carbonyl (C=O) groups is 1. The van der Waals surface area contributed by atoms with Crippen molar-refractivity contribution in [1.82, 2.24) is 0 Å². The van der Waals surface area contributed by atoms with Crippen LogP contribution < -0.4 is 4.74 Å². The van der Waals surface area contributed by atoms with Gasteiger partial charge in [-0.2, -0.15) is 0 Å². The molecule has 5 atom stereocenters. The Morgan fingerprint density at radius 3 is 2.03 bits per heavy atom. The van der Waals surface area contributed by atoms with E-state index in [-0.39, 0.29) is 17.2 Å². The summed E-state index contributed by atoms with van der Waals surface area (Å²) in [6, 6.07) is 11.1. The number of aromatic hydroxyl groups is 2. The summed E-state index contributed by atoms with van der Waals surface area (Å²) in [6.45, 7) is 0. The van der Waals surface area contributed by atoms with Gasteiger partial charge in [-0.3, -0.25) is 0 Å². The number of aryl methyl sites for hydroxylation is 2. The number of rotatable bonds is 6. The van der Waals surface area contributed by atoms with Crippen LogP contribution in [-0.4, -0.2) is 67.3 Å². The number of aliphatic hydroxyl groups is 3. The molecule has 3 rings (SSSR count). The van der Waals surface area contributed by atoms with E-state index in [0.717, 1.165) is 11.1 Å². The number of carboxylic acids is 1. The largest absolute Gasteiger partial charge is 0.508 e. The van der Waals surface area contributed by atoms with Crippen molar-refractivity contribution in [3.05, 3.63) is 53.6 Å². The van der Waals surface area contributed by atoms with Gasteiger partial charge in [0.2, 0.25) is 6.29 Å². The predicted octanol–water partition coefficient (Wildman–Crippen LogP) is 0.154. The van der Waals surface area contributed by atoms with E-state index in [1.54, 1.807) is 36.4 Å². The fourth-order valence-electron chi connectivity index (χ4n) is 3.11. The number of phenolic OH excluding ortho intramolecular Hbond substituents is 2. The molecule has 0 saturated carbocycles. The molecule has 2 aromatic rings. The summed E-state index contributed by atoms with van der Waals surface area (Å²) in [6.07, 6.45) is -7.12. The molecule has 2 aromatic carbocycles. The lowest BCUT2D eigenvalue weighted by atomic mass is 9.99. The topological polar surface area (TPSA) is 157 Å². The number of hydrogen-bond acceptors (Lipinski definition) is 8. The maximum Gasteiger partial charge on any atom is 0.335 e. The van der Waals surface area contributed by atoms with Crippen molar-refractivity contribution in [2.24, 2.45) is 0 Å². The molecule has 1 aliphatic rings. The normalized spacial score (nSPS) is 26.8. The Bertz CT molecular complexity index is 831. The van der Waals surface area contributed by atoms with E-state index in [9.17, 15) is 30.3 Å². The SMILES string of the molecule is O=C(O)[C@H]1O[C@@H](Oc2ccc(CCc3cc(O)cc(O)c3)cc2)[C@H](O)[C@@H](O)[C@@H]1O. The molecule has 9 heteroatoms.